The maximum Gasteiger partial charge on any atom is 0.224 e. The summed E-state index contributed by atoms with van der Waals surface area (Å²) in [6.07, 6.45) is 4.30. The predicted molar refractivity (Wildman–Crippen MR) is 126 cm³/mol. The molecular formula is C26H31NO5S. The van der Waals surface area contributed by atoms with Crippen molar-refractivity contribution >= 4 is 15.7 Å². The molecule has 1 amide bonds. The fraction of sp³-hybridized carbons (Fsp3) is 0.500. The number of fused-ring (bicyclic) bond motifs is 3. The van der Waals surface area contributed by atoms with Gasteiger partial charge in [-0.3, -0.25) is 4.79 Å². The van der Waals surface area contributed by atoms with Crippen molar-refractivity contribution in [3.8, 4) is 11.5 Å². The highest BCUT2D eigenvalue weighted by Crippen LogP contribution is 2.52. The Morgan fingerprint density at radius 2 is 1.70 bits per heavy atom. The normalized spacial score (nSPS) is 21.2. The van der Waals surface area contributed by atoms with E-state index in [1.165, 1.54) is 5.56 Å². The number of hydrogen-bond acceptors (Lipinski definition) is 5. The first-order valence-corrected chi connectivity index (χ1v) is 13.5. The van der Waals surface area contributed by atoms with Gasteiger partial charge in [0, 0.05) is 18.4 Å². The van der Waals surface area contributed by atoms with Gasteiger partial charge in [0.25, 0.3) is 0 Å². The van der Waals surface area contributed by atoms with Crippen LogP contribution in [0.1, 0.15) is 61.8 Å². The van der Waals surface area contributed by atoms with Gasteiger partial charge < -0.3 is 14.4 Å². The second kappa shape index (κ2) is 8.35. The molecule has 1 aliphatic carbocycles. The minimum absolute atomic E-state index is 0.0173. The van der Waals surface area contributed by atoms with Crippen LogP contribution in [0, 0.1) is 6.92 Å². The number of amides is 1. The van der Waals surface area contributed by atoms with Crippen molar-refractivity contribution < 1.29 is 22.7 Å². The van der Waals surface area contributed by atoms with Gasteiger partial charge in [0.15, 0.2) is 21.3 Å². The molecule has 0 unspecified atom stereocenters. The van der Waals surface area contributed by atoms with Gasteiger partial charge in [-0.1, -0.05) is 30.5 Å². The maximum absolute atomic E-state index is 13.4. The molecule has 6 nitrogen and oxygen atoms in total. The third-order valence-corrected chi connectivity index (χ3v) is 9.25. The van der Waals surface area contributed by atoms with E-state index in [9.17, 15) is 13.2 Å². The summed E-state index contributed by atoms with van der Waals surface area (Å²) >= 11 is 0. The number of benzene rings is 2. The quantitative estimate of drug-likeness (QED) is 0.666. The molecule has 1 saturated carbocycles. The number of ether oxygens (including phenoxy) is 2. The Hall–Kier alpha value is -2.54. The average Bonchev–Trinajstić information content (AvgIpc) is 3.29. The zero-order valence-corrected chi connectivity index (χ0v) is 20.1. The average molecular weight is 470 g/mol. The number of carbonyl (C=O) groups excluding carboxylic acids is 1. The minimum atomic E-state index is -3.51. The van der Waals surface area contributed by atoms with E-state index in [2.05, 4.69) is 6.07 Å². The molecule has 1 fully saturated rings. The first-order valence-electron chi connectivity index (χ1n) is 11.8. The van der Waals surface area contributed by atoms with Crippen molar-refractivity contribution in [3.63, 3.8) is 0 Å². The molecule has 33 heavy (non-hydrogen) atoms. The van der Waals surface area contributed by atoms with Gasteiger partial charge in [-0.15, -0.1) is 0 Å². The summed E-state index contributed by atoms with van der Waals surface area (Å²) in [4.78, 5) is 15.6. The van der Waals surface area contributed by atoms with Crippen LogP contribution in [0.4, 0.5) is 0 Å². The van der Waals surface area contributed by atoms with Crippen LogP contribution in [0.5, 0.6) is 11.5 Å². The fourth-order valence-corrected chi connectivity index (χ4v) is 6.87. The Labute approximate surface area is 195 Å². The molecule has 7 heteroatoms. The zero-order valence-electron chi connectivity index (χ0n) is 19.3. The van der Waals surface area contributed by atoms with Crippen LogP contribution in [0.3, 0.4) is 0 Å². The van der Waals surface area contributed by atoms with Crippen LogP contribution in [-0.2, 0) is 20.0 Å². The molecule has 1 atom stereocenters. The van der Waals surface area contributed by atoms with E-state index < -0.39 is 9.84 Å². The van der Waals surface area contributed by atoms with Gasteiger partial charge in [-0.25, -0.2) is 8.42 Å². The van der Waals surface area contributed by atoms with E-state index in [-0.39, 0.29) is 34.4 Å². The summed E-state index contributed by atoms with van der Waals surface area (Å²) in [5.74, 6) is 1.24. The second-order valence-electron chi connectivity index (χ2n) is 9.65. The van der Waals surface area contributed by atoms with Crippen molar-refractivity contribution in [2.24, 2.45) is 0 Å². The fourth-order valence-electron chi connectivity index (χ4n) is 5.64. The van der Waals surface area contributed by atoms with Crippen LogP contribution in [0.25, 0.3) is 0 Å². The van der Waals surface area contributed by atoms with Crippen molar-refractivity contribution in [1.29, 1.82) is 0 Å². The lowest BCUT2D eigenvalue weighted by atomic mass is 9.71. The van der Waals surface area contributed by atoms with Gasteiger partial charge in [0.05, 0.1) is 16.7 Å². The Kier molecular flexibility index (Phi) is 5.63. The molecule has 0 aromatic heterocycles. The molecule has 2 aliphatic heterocycles. The van der Waals surface area contributed by atoms with E-state index in [4.69, 9.17) is 9.47 Å². The third kappa shape index (κ3) is 4.01. The Morgan fingerprint density at radius 3 is 2.36 bits per heavy atom. The Morgan fingerprint density at radius 1 is 1.06 bits per heavy atom. The predicted octanol–water partition coefficient (Wildman–Crippen LogP) is 4.35. The van der Waals surface area contributed by atoms with Gasteiger partial charge in [-0.05, 0) is 62.1 Å². The standard InChI is InChI=1S/C26H31NO5S/c1-18-5-7-20(8-6-18)33(29,30)14-9-25(28)27-17-26(10-3-4-11-26)22-16-24-23(31-12-13-32-24)15-21(22)19(27)2/h5-8,15-16,19H,3-4,9-14,17H2,1-2H3/t19-/m0/s1. The molecule has 2 aromatic carbocycles. The summed E-state index contributed by atoms with van der Waals surface area (Å²) in [6.45, 7) is 5.65. The lowest BCUT2D eigenvalue weighted by Crippen LogP contribution is -2.49. The van der Waals surface area contributed by atoms with E-state index in [0.29, 0.717) is 19.8 Å². The number of nitrogens with zero attached hydrogens (tertiary/aromatic N) is 1. The summed E-state index contributed by atoms with van der Waals surface area (Å²) in [5, 5.41) is 0. The van der Waals surface area contributed by atoms with Crippen molar-refractivity contribution in [1.82, 2.24) is 4.90 Å². The molecule has 2 heterocycles. The molecule has 0 N–H and O–H groups in total. The molecule has 5 rings (SSSR count). The highest BCUT2D eigenvalue weighted by atomic mass is 32.2. The first kappa shape index (κ1) is 22.3. The SMILES string of the molecule is Cc1ccc(S(=O)(=O)CCC(=O)N2CC3(CCCC3)c3cc4c(cc3[C@@H]2C)OCCO4)cc1. The topological polar surface area (TPSA) is 72.9 Å². The van der Waals surface area contributed by atoms with Crippen LogP contribution < -0.4 is 9.47 Å². The maximum atomic E-state index is 13.4. The van der Waals surface area contributed by atoms with Crippen LogP contribution in [0.15, 0.2) is 41.3 Å². The van der Waals surface area contributed by atoms with Crippen molar-refractivity contribution in [3.05, 3.63) is 53.1 Å². The third-order valence-electron chi connectivity index (χ3n) is 7.52. The molecule has 0 saturated heterocycles. The lowest BCUT2D eigenvalue weighted by Gasteiger charge is -2.46. The van der Waals surface area contributed by atoms with Crippen molar-refractivity contribution in [2.75, 3.05) is 25.5 Å². The van der Waals surface area contributed by atoms with Crippen LogP contribution in [0.2, 0.25) is 0 Å². The van der Waals surface area contributed by atoms with Gasteiger partial charge in [0.2, 0.25) is 5.91 Å². The number of sulfone groups is 1. The zero-order chi connectivity index (χ0) is 23.2. The molecule has 0 bridgehead atoms. The number of rotatable bonds is 4. The second-order valence-corrected chi connectivity index (χ2v) is 11.8. The first-order chi connectivity index (χ1) is 15.8. The summed E-state index contributed by atoms with van der Waals surface area (Å²) < 4.78 is 37.3. The molecule has 2 aromatic rings. The van der Waals surface area contributed by atoms with Crippen LogP contribution >= 0.6 is 0 Å². The highest BCUT2D eigenvalue weighted by Gasteiger charge is 2.46. The minimum Gasteiger partial charge on any atom is -0.486 e. The summed E-state index contributed by atoms with van der Waals surface area (Å²) in [5.41, 5.74) is 3.28. The van der Waals surface area contributed by atoms with E-state index in [1.54, 1.807) is 24.3 Å². The van der Waals surface area contributed by atoms with Gasteiger partial charge in [-0.2, -0.15) is 0 Å². The smallest absolute Gasteiger partial charge is 0.224 e. The number of carbonyl (C=O) groups is 1. The Balaban J connectivity index is 1.41. The molecule has 176 valence electrons. The van der Waals surface area contributed by atoms with Gasteiger partial charge >= 0.3 is 0 Å². The largest absolute Gasteiger partial charge is 0.486 e. The lowest BCUT2D eigenvalue weighted by molar-refractivity contribution is -0.134. The van der Waals surface area contributed by atoms with Gasteiger partial charge in [0.1, 0.15) is 13.2 Å². The highest BCUT2D eigenvalue weighted by molar-refractivity contribution is 7.91. The summed E-state index contributed by atoms with van der Waals surface area (Å²) in [7, 11) is -3.51. The number of hydrogen-bond donors (Lipinski definition) is 0. The monoisotopic (exact) mass is 469 g/mol. The molecule has 3 aliphatic rings. The van der Waals surface area contributed by atoms with Crippen LogP contribution in [-0.4, -0.2) is 44.7 Å². The van der Waals surface area contributed by atoms with E-state index >= 15 is 0 Å². The molecular weight excluding hydrogens is 438 g/mol. The Bertz CT molecular complexity index is 1170. The van der Waals surface area contributed by atoms with Crippen molar-refractivity contribution in [2.45, 2.75) is 62.3 Å². The molecule has 0 radical (unpaired) electrons. The number of aryl methyl sites for hydroxylation is 1. The van der Waals surface area contributed by atoms with E-state index in [1.807, 2.05) is 24.8 Å². The summed E-state index contributed by atoms with van der Waals surface area (Å²) in [6, 6.07) is 10.8. The molecule has 1 spiro atoms. The van der Waals surface area contributed by atoms with E-state index in [0.717, 1.165) is 48.3 Å².